The summed E-state index contributed by atoms with van der Waals surface area (Å²) in [5, 5.41) is 0. The summed E-state index contributed by atoms with van der Waals surface area (Å²) in [6, 6.07) is 0. The normalized spacial score (nSPS) is 20.4. The topological polar surface area (TPSA) is 0 Å². The summed E-state index contributed by atoms with van der Waals surface area (Å²) in [5.74, 6) is 3.63. The van der Waals surface area contributed by atoms with Gasteiger partial charge in [0, 0.05) is 0 Å². The van der Waals surface area contributed by atoms with Crippen molar-refractivity contribution >= 4 is 0 Å². The highest BCUT2D eigenvalue weighted by molar-refractivity contribution is 5.12. The Morgan fingerprint density at radius 3 is 1.26 bits per heavy atom. The average Bonchev–Trinajstić information content (AvgIpc) is 2.75. The van der Waals surface area contributed by atoms with Gasteiger partial charge in [0.25, 0.3) is 0 Å². The first-order chi connectivity index (χ1) is 14.3. The Bertz CT molecular complexity index is 492. The van der Waals surface area contributed by atoms with Crippen molar-refractivity contribution in [2.24, 2.45) is 51.2 Å². The van der Waals surface area contributed by atoms with Gasteiger partial charge in [0.15, 0.2) is 0 Å². The molecule has 0 heteroatoms. The molecule has 0 aromatic rings. The maximum Gasteiger partial charge on any atom is -0.0185 e. The lowest BCUT2D eigenvalue weighted by atomic mass is 9.36. The molecule has 0 aliphatic rings. The van der Waals surface area contributed by atoms with E-state index in [2.05, 4.69) is 104 Å². The summed E-state index contributed by atoms with van der Waals surface area (Å²) < 4.78 is 0. The molecule has 5 unspecified atom stereocenters. The van der Waals surface area contributed by atoms with Gasteiger partial charge in [-0.05, 0) is 76.9 Å². The highest BCUT2D eigenvalue weighted by atomic mass is 14.7. The van der Waals surface area contributed by atoms with E-state index in [0.29, 0.717) is 33.5 Å². The van der Waals surface area contributed by atoms with Crippen LogP contribution in [0, 0.1) is 51.2 Å². The molecule has 0 amide bonds. The van der Waals surface area contributed by atoms with Gasteiger partial charge in [-0.2, -0.15) is 0 Å². The van der Waals surface area contributed by atoms with Gasteiger partial charge in [0.1, 0.15) is 0 Å². The summed E-state index contributed by atoms with van der Waals surface area (Å²) in [5.41, 5.74) is 1.40. The second-order valence-electron chi connectivity index (χ2n) is 12.3. The van der Waals surface area contributed by atoms with Gasteiger partial charge in [-0.1, -0.05) is 123 Å². The van der Waals surface area contributed by atoms with Crippen LogP contribution in [0.2, 0.25) is 0 Å². The maximum absolute atomic E-state index is 2.73. The fourth-order valence-corrected chi connectivity index (χ4v) is 9.42. The van der Waals surface area contributed by atoms with Crippen molar-refractivity contribution in [3.8, 4) is 0 Å². The SMILES string of the molecule is CCC(C)C(C(C)C)C(C)(CC)C(CC)(CC)C(CC)(C(C)C)C(C)C(C)(CC)CC. The van der Waals surface area contributed by atoms with Crippen molar-refractivity contribution < 1.29 is 0 Å². The van der Waals surface area contributed by atoms with Crippen LogP contribution in [0.25, 0.3) is 0 Å². The van der Waals surface area contributed by atoms with Gasteiger partial charge >= 0.3 is 0 Å². The summed E-state index contributed by atoms with van der Waals surface area (Å²) in [4.78, 5) is 0. The highest BCUT2D eigenvalue weighted by Gasteiger charge is 2.64. The van der Waals surface area contributed by atoms with Crippen LogP contribution in [0.1, 0.15) is 149 Å². The lowest BCUT2D eigenvalue weighted by Gasteiger charge is -2.69. The molecule has 0 saturated carbocycles. The molecule has 0 radical (unpaired) electrons. The van der Waals surface area contributed by atoms with Crippen molar-refractivity contribution in [3.05, 3.63) is 0 Å². The molecule has 0 heterocycles. The lowest BCUT2D eigenvalue weighted by molar-refractivity contribution is -0.205. The second-order valence-corrected chi connectivity index (χ2v) is 12.3. The summed E-state index contributed by atoms with van der Waals surface area (Å²) in [7, 11) is 0. The first kappa shape index (κ1) is 31.0. The van der Waals surface area contributed by atoms with Gasteiger partial charge in [-0.25, -0.2) is 0 Å². The molecule has 0 spiro atoms. The van der Waals surface area contributed by atoms with E-state index in [-0.39, 0.29) is 0 Å². The fourth-order valence-electron chi connectivity index (χ4n) is 9.42. The molecule has 0 aliphatic carbocycles. The van der Waals surface area contributed by atoms with E-state index in [0.717, 1.165) is 17.8 Å². The first-order valence-corrected chi connectivity index (χ1v) is 14.3. The number of hydrogen-bond donors (Lipinski definition) is 0. The smallest absolute Gasteiger partial charge is 0.0185 e. The van der Waals surface area contributed by atoms with Crippen molar-refractivity contribution in [1.29, 1.82) is 0 Å². The molecule has 0 aromatic heterocycles. The third-order valence-electron chi connectivity index (χ3n) is 11.7. The van der Waals surface area contributed by atoms with E-state index in [1.807, 2.05) is 0 Å². The predicted octanol–water partition coefficient (Wildman–Crippen LogP) is 11.0. The Kier molecular flexibility index (Phi) is 11.9. The minimum atomic E-state index is 0.330. The van der Waals surface area contributed by atoms with Crippen LogP contribution in [0.15, 0.2) is 0 Å². The van der Waals surface area contributed by atoms with E-state index in [9.17, 15) is 0 Å². The minimum absolute atomic E-state index is 0.330. The van der Waals surface area contributed by atoms with Crippen LogP contribution in [0.3, 0.4) is 0 Å². The molecule has 0 aliphatic heterocycles. The van der Waals surface area contributed by atoms with Crippen molar-refractivity contribution in [3.63, 3.8) is 0 Å². The standard InChI is InChI=1S/C31H64/c1-16-25(12)27(23(8)9)29(15,19-4)30(20-5,21-6)31(22-7,24(10)11)26(13)28(14,17-2)18-3/h23-27H,16-22H2,1-15H3. The largest absolute Gasteiger partial charge is 0.0651 e. The van der Waals surface area contributed by atoms with Crippen LogP contribution < -0.4 is 0 Å². The molecule has 0 fully saturated rings. The van der Waals surface area contributed by atoms with E-state index in [1.165, 1.54) is 44.9 Å². The van der Waals surface area contributed by atoms with Crippen molar-refractivity contribution in [2.75, 3.05) is 0 Å². The van der Waals surface area contributed by atoms with Crippen LogP contribution in [-0.4, -0.2) is 0 Å². The van der Waals surface area contributed by atoms with Crippen LogP contribution >= 0.6 is 0 Å². The Labute approximate surface area is 200 Å². The summed E-state index contributed by atoms with van der Waals surface area (Å²) in [6.07, 6.45) is 9.04. The second kappa shape index (κ2) is 11.9. The Morgan fingerprint density at radius 2 is 1.03 bits per heavy atom. The van der Waals surface area contributed by atoms with Gasteiger partial charge < -0.3 is 0 Å². The summed E-state index contributed by atoms with van der Waals surface area (Å²) >= 11 is 0. The monoisotopic (exact) mass is 437 g/mol. The van der Waals surface area contributed by atoms with E-state index in [4.69, 9.17) is 0 Å². The average molecular weight is 437 g/mol. The highest BCUT2D eigenvalue weighted by Crippen LogP contribution is 2.71. The third kappa shape index (κ3) is 4.80. The number of rotatable bonds is 15. The molecule has 5 atom stereocenters. The number of hydrogen-bond acceptors (Lipinski definition) is 0. The quantitative estimate of drug-likeness (QED) is 0.239. The van der Waals surface area contributed by atoms with Gasteiger partial charge in [0.05, 0.1) is 0 Å². The van der Waals surface area contributed by atoms with Crippen molar-refractivity contribution in [1.82, 2.24) is 0 Å². The Morgan fingerprint density at radius 1 is 0.581 bits per heavy atom. The predicted molar refractivity (Wildman–Crippen MR) is 145 cm³/mol. The molecule has 0 rings (SSSR count). The molecule has 31 heavy (non-hydrogen) atoms. The molecular weight excluding hydrogens is 372 g/mol. The molecule has 188 valence electrons. The van der Waals surface area contributed by atoms with Crippen LogP contribution in [0.4, 0.5) is 0 Å². The Balaban J connectivity index is 7.44. The minimum Gasteiger partial charge on any atom is -0.0651 e. The Hall–Kier alpha value is 0. The molecule has 0 bridgehead atoms. The van der Waals surface area contributed by atoms with Gasteiger partial charge in [-0.15, -0.1) is 0 Å². The first-order valence-electron chi connectivity index (χ1n) is 14.3. The third-order valence-corrected chi connectivity index (χ3v) is 11.7. The molecule has 0 saturated heterocycles. The van der Waals surface area contributed by atoms with E-state index in [1.54, 1.807) is 0 Å². The van der Waals surface area contributed by atoms with E-state index >= 15 is 0 Å². The zero-order valence-electron chi connectivity index (χ0n) is 24.8. The van der Waals surface area contributed by atoms with Crippen LogP contribution in [0.5, 0.6) is 0 Å². The molecule has 0 aromatic carbocycles. The van der Waals surface area contributed by atoms with Gasteiger partial charge in [-0.3, -0.25) is 0 Å². The molecular formula is C31H64. The summed E-state index contributed by atoms with van der Waals surface area (Å²) in [6.45, 7) is 38.1. The van der Waals surface area contributed by atoms with Gasteiger partial charge in [0.2, 0.25) is 0 Å². The van der Waals surface area contributed by atoms with E-state index < -0.39 is 0 Å². The van der Waals surface area contributed by atoms with Crippen molar-refractivity contribution in [2.45, 2.75) is 149 Å². The molecule has 0 nitrogen and oxygen atoms in total. The lowest BCUT2D eigenvalue weighted by Crippen LogP contribution is -2.62. The zero-order chi connectivity index (χ0) is 24.8. The molecule has 0 N–H and O–H groups in total. The maximum atomic E-state index is 2.73. The van der Waals surface area contributed by atoms with Crippen LogP contribution in [-0.2, 0) is 0 Å². The zero-order valence-corrected chi connectivity index (χ0v) is 24.8. The fraction of sp³-hybridized carbons (Fsp3) is 1.00.